The molecule has 0 aliphatic carbocycles. The number of nitrogens with zero attached hydrogens (tertiary/aromatic N) is 2. The third-order valence-corrected chi connectivity index (χ3v) is 4.07. The van der Waals surface area contributed by atoms with Gasteiger partial charge < -0.3 is 21.1 Å². The van der Waals surface area contributed by atoms with Crippen molar-refractivity contribution in [1.29, 1.82) is 0 Å². The first-order chi connectivity index (χ1) is 12.2. The van der Waals surface area contributed by atoms with Gasteiger partial charge in [0.05, 0.1) is 18.8 Å². The van der Waals surface area contributed by atoms with Crippen molar-refractivity contribution < 1.29 is 5.11 Å². The van der Waals surface area contributed by atoms with Gasteiger partial charge in [0, 0.05) is 23.6 Å². The van der Waals surface area contributed by atoms with Gasteiger partial charge in [0.15, 0.2) is 0 Å². The number of hydrogen-bond donors (Lipinski definition) is 3. The topological polar surface area (TPSA) is 73.9 Å². The van der Waals surface area contributed by atoms with Gasteiger partial charge in [0.25, 0.3) is 0 Å². The lowest BCUT2D eigenvalue weighted by Crippen LogP contribution is -2.36. The Morgan fingerprint density at radius 1 is 1.20 bits per heavy atom. The Balaban J connectivity index is 1.72. The highest BCUT2D eigenvalue weighted by atomic mass is 35.5. The number of benzene rings is 2. The van der Waals surface area contributed by atoms with Crippen molar-refractivity contribution in [1.82, 2.24) is 10.2 Å². The third-order valence-electron chi connectivity index (χ3n) is 3.82. The number of aliphatic imine (C=N–C) groups is 1. The zero-order valence-corrected chi connectivity index (χ0v) is 14.3. The quantitative estimate of drug-likeness (QED) is 0.787. The zero-order chi connectivity index (χ0) is 17.6. The van der Waals surface area contributed by atoms with E-state index >= 15 is 0 Å². The van der Waals surface area contributed by atoms with Crippen LogP contribution in [-0.2, 0) is 6.54 Å². The second-order valence-electron chi connectivity index (χ2n) is 5.58. The average Bonchev–Trinajstić information content (AvgIpc) is 2.64. The van der Waals surface area contributed by atoms with Crippen LogP contribution in [-0.4, -0.2) is 22.4 Å². The molecule has 0 unspecified atom stereocenters. The molecule has 0 fully saturated rings. The maximum Gasteiger partial charge on any atom is 0.121 e. The zero-order valence-electron chi connectivity index (χ0n) is 13.6. The second-order valence-corrected chi connectivity index (χ2v) is 6.01. The van der Waals surface area contributed by atoms with Gasteiger partial charge in [-0.25, -0.2) is 0 Å². The Bertz CT molecular complexity index is 810. The van der Waals surface area contributed by atoms with Gasteiger partial charge in [0.2, 0.25) is 0 Å². The standard InChI is InChI=1S/C19H19ClN4O/c20-16-5-1-14(2-6-16)12-23-19-13-24(10-9-22-19)18(11-21)15-3-7-17(25)8-4-15/h1-11,25H,12-13,21H2,(H,22,23)/b18-11-. The predicted octanol–water partition coefficient (Wildman–Crippen LogP) is 3.28. The molecule has 1 heterocycles. The molecule has 0 radical (unpaired) electrons. The first kappa shape index (κ1) is 16.9. The fourth-order valence-electron chi connectivity index (χ4n) is 2.51. The molecule has 0 atom stereocenters. The molecule has 25 heavy (non-hydrogen) atoms. The van der Waals surface area contributed by atoms with Crippen molar-refractivity contribution in [3.8, 4) is 5.75 Å². The molecule has 0 spiro atoms. The van der Waals surface area contributed by atoms with Gasteiger partial charge in [-0.1, -0.05) is 23.7 Å². The van der Waals surface area contributed by atoms with Crippen LogP contribution in [0.4, 0.5) is 0 Å². The van der Waals surface area contributed by atoms with E-state index in [9.17, 15) is 5.11 Å². The summed E-state index contributed by atoms with van der Waals surface area (Å²) in [6.45, 7) is 1.15. The highest BCUT2D eigenvalue weighted by molar-refractivity contribution is 6.30. The minimum atomic E-state index is 0.223. The van der Waals surface area contributed by atoms with Gasteiger partial charge in [-0.05, 0) is 47.5 Å². The summed E-state index contributed by atoms with van der Waals surface area (Å²) in [5, 5.41) is 13.3. The Morgan fingerprint density at radius 3 is 2.60 bits per heavy atom. The van der Waals surface area contributed by atoms with Gasteiger partial charge >= 0.3 is 0 Å². The normalized spacial score (nSPS) is 16.1. The van der Waals surface area contributed by atoms with E-state index in [2.05, 4.69) is 10.3 Å². The van der Waals surface area contributed by atoms with Gasteiger partial charge in [-0.2, -0.15) is 0 Å². The lowest BCUT2D eigenvalue weighted by molar-refractivity contribution is 0.475. The number of nitrogens with two attached hydrogens (primary N) is 1. The first-order valence-corrected chi connectivity index (χ1v) is 8.22. The van der Waals surface area contributed by atoms with E-state index in [0.29, 0.717) is 18.1 Å². The molecular weight excluding hydrogens is 336 g/mol. The lowest BCUT2D eigenvalue weighted by atomic mass is 10.1. The molecule has 0 amide bonds. The molecule has 128 valence electrons. The maximum atomic E-state index is 9.44. The number of aromatic hydroxyl groups is 1. The molecular formula is C19H19ClN4O. The fourth-order valence-corrected chi connectivity index (χ4v) is 2.64. The Labute approximate surface area is 151 Å². The predicted molar refractivity (Wildman–Crippen MR) is 102 cm³/mol. The summed E-state index contributed by atoms with van der Waals surface area (Å²) in [6, 6.07) is 14.6. The van der Waals surface area contributed by atoms with Crippen molar-refractivity contribution in [3.63, 3.8) is 0 Å². The van der Waals surface area contributed by atoms with Crippen LogP contribution in [0, 0.1) is 0 Å². The molecule has 1 aliphatic heterocycles. The van der Waals surface area contributed by atoms with E-state index in [1.165, 1.54) is 0 Å². The van der Waals surface area contributed by atoms with Crippen LogP contribution < -0.4 is 11.1 Å². The van der Waals surface area contributed by atoms with Crippen LogP contribution in [0.3, 0.4) is 0 Å². The van der Waals surface area contributed by atoms with E-state index < -0.39 is 0 Å². The maximum absolute atomic E-state index is 9.44. The summed E-state index contributed by atoms with van der Waals surface area (Å²) < 4.78 is 0. The number of halogens is 1. The van der Waals surface area contributed by atoms with Gasteiger partial charge in [0.1, 0.15) is 11.6 Å². The minimum Gasteiger partial charge on any atom is -0.508 e. The van der Waals surface area contributed by atoms with Crippen molar-refractivity contribution in [2.24, 2.45) is 10.7 Å². The number of amidine groups is 1. The summed E-state index contributed by atoms with van der Waals surface area (Å²) in [7, 11) is 0. The summed E-state index contributed by atoms with van der Waals surface area (Å²) >= 11 is 5.90. The molecule has 2 aromatic carbocycles. The van der Waals surface area contributed by atoms with E-state index in [-0.39, 0.29) is 5.75 Å². The van der Waals surface area contributed by atoms with Crippen molar-refractivity contribution in [2.75, 3.05) is 6.54 Å². The summed E-state index contributed by atoms with van der Waals surface area (Å²) in [5.74, 6) is 1.07. The van der Waals surface area contributed by atoms with Crippen LogP contribution in [0.1, 0.15) is 11.1 Å². The molecule has 1 aliphatic rings. The highest BCUT2D eigenvalue weighted by Crippen LogP contribution is 2.22. The molecule has 0 saturated heterocycles. The number of phenolic OH excluding ortho intramolecular Hbond substituents is 1. The monoisotopic (exact) mass is 354 g/mol. The van der Waals surface area contributed by atoms with E-state index in [4.69, 9.17) is 17.3 Å². The molecule has 5 nitrogen and oxygen atoms in total. The summed E-state index contributed by atoms with van der Waals surface area (Å²) in [6.07, 6.45) is 5.29. The molecule has 3 rings (SSSR count). The van der Waals surface area contributed by atoms with Crippen LogP contribution >= 0.6 is 11.6 Å². The Morgan fingerprint density at radius 2 is 1.92 bits per heavy atom. The molecule has 4 N–H and O–H groups in total. The van der Waals surface area contributed by atoms with Gasteiger partial charge in [-0.3, -0.25) is 4.99 Å². The SMILES string of the molecule is N/C=C(/c1ccc(O)cc1)N1C=CNC(=NCc2ccc(Cl)cc2)C1. The molecule has 0 bridgehead atoms. The third kappa shape index (κ3) is 4.33. The number of nitrogens with one attached hydrogen (secondary N) is 1. The van der Waals surface area contributed by atoms with Crippen molar-refractivity contribution in [3.05, 3.63) is 83.3 Å². The van der Waals surface area contributed by atoms with Gasteiger partial charge in [-0.15, -0.1) is 0 Å². The van der Waals surface area contributed by atoms with Crippen LogP contribution in [0.5, 0.6) is 5.75 Å². The summed E-state index contributed by atoms with van der Waals surface area (Å²) in [5.41, 5.74) is 8.68. The van der Waals surface area contributed by atoms with E-state index in [0.717, 1.165) is 22.7 Å². The molecule has 0 saturated carbocycles. The van der Waals surface area contributed by atoms with Crippen molar-refractivity contribution >= 4 is 23.1 Å². The highest BCUT2D eigenvalue weighted by Gasteiger charge is 2.15. The number of hydrogen-bond acceptors (Lipinski definition) is 4. The smallest absolute Gasteiger partial charge is 0.121 e. The Kier molecular flexibility index (Phi) is 5.26. The number of rotatable bonds is 4. The lowest BCUT2D eigenvalue weighted by Gasteiger charge is -2.27. The molecule has 2 aromatic rings. The van der Waals surface area contributed by atoms with E-state index in [1.54, 1.807) is 18.3 Å². The van der Waals surface area contributed by atoms with Crippen LogP contribution in [0.25, 0.3) is 5.70 Å². The fraction of sp³-hybridized carbons (Fsp3) is 0.105. The second kappa shape index (κ2) is 7.77. The van der Waals surface area contributed by atoms with E-state index in [1.807, 2.05) is 53.7 Å². The largest absolute Gasteiger partial charge is 0.508 e. The molecule has 6 heteroatoms. The van der Waals surface area contributed by atoms with Crippen molar-refractivity contribution in [2.45, 2.75) is 6.54 Å². The first-order valence-electron chi connectivity index (χ1n) is 7.84. The summed E-state index contributed by atoms with van der Waals surface area (Å²) in [4.78, 5) is 6.62. The minimum absolute atomic E-state index is 0.223. The van der Waals surface area contributed by atoms with Crippen LogP contribution in [0.2, 0.25) is 5.02 Å². The Hall–Kier alpha value is -2.92. The average molecular weight is 355 g/mol. The molecule has 0 aromatic heterocycles. The number of phenols is 1. The van der Waals surface area contributed by atoms with Crippen LogP contribution in [0.15, 0.2) is 72.1 Å².